The average Bonchev–Trinajstić information content (AvgIpc) is 2.74. The molecule has 2 aromatic rings. The fraction of sp³-hybridized carbons (Fsp3) is 0.571. The smallest absolute Gasteiger partial charge is 0.0654 e. The van der Waals surface area contributed by atoms with Crippen LogP contribution in [-0.4, -0.2) is 16.1 Å². The van der Waals surface area contributed by atoms with E-state index in [0.717, 1.165) is 0 Å². The summed E-state index contributed by atoms with van der Waals surface area (Å²) in [4.78, 5) is 0. The van der Waals surface area contributed by atoms with Crippen molar-refractivity contribution in [2.45, 2.75) is 103 Å². The van der Waals surface area contributed by atoms with Gasteiger partial charge in [0.1, 0.15) is 0 Å². The van der Waals surface area contributed by atoms with Gasteiger partial charge in [0.15, 0.2) is 0 Å². The minimum atomic E-state index is -1.30. The highest BCUT2D eigenvalue weighted by Crippen LogP contribution is 2.22. The fourth-order valence-corrected chi connectivity index (χ4v) is 9.49. The third-order valence-electron chi connectivity index (χ3n) is 6.98. The van der Waals surface area contributed by atoms with Gasteiger partial charge in [-0.2, -0.15) is 0 Å². The van der Waals surface area contributed by atoms with E-state index in [1.54, 1.807) is 10.4 Å². The van der Waals surface area contributed by atoms with Gasteiger partial charge in [-0.15, -0.1) is 0 Å². The molecule has 0 spiro atoms. The monoisotopic (exact) mass is 438 g/mol. The fourth-order valence-electron chi connectivity index (χ4n) is 4.50. The second-order valence-electron chi connectivity index (χ2n) is 10.5. The molecule has 0 aliphatic carbocycles. The summed E-state index contributed by atoms with van der Waals surface area (Å²) in [6.07, 6.45) is 11.0. The van der Waals surface area contributed by atoms with Crippen molar-refractivity contribution in [2.24, 2.45) is 0 Å². The molecule has 0 bridgehead atoms. The maximum absolute atomic E-state index is 2.54. The molecular weight excluding hydrogens is 392 g/mol. The molecule has 2 rings (SSSR count). The van der Waals surface area contributed by atoms with Crippen molar-refractivity contribution in [3.05, 3.63) is 48.5 Å². The van der Waals surface area contributed by atoms with Gasteiger partial charge in [-0.25, -0.2) is 0 Å². The third-order valence-corrected chi connectivity index (χ3v) is 14.0. The molecule has 0 heterocycles. The topological polar surface area (TPSA) is 0 Å². The molecule has 0 saturated carbocycles. The molecule has 166 valence electrons. The Morgan fingerprint density at radius 1 is 0.467 bits per heavy atom. The molecule has 2 heteroatoms. The molecule has 0 saturated heterocycles. The summed E-state index contributed by atoms with van der Waals surface area (Å²) >= 11 is 0. The summed E-state index contributed by atoms with van der Waals surface area (Å²) in [5.41, 5.74) is 2.73. The lowest BCUT2D eigenvalue weighted by Gasteiger charge is -2.24. The van der Waals surface area contributed by atoms with E-state index in [1.807, 2.05) is 0 Å². The Balaban J connectivity index is 2.01. The van der Waals surface area contributed by atoms with Crippen molar-refractivity contribution < 1.29 is 0 Å². The number of hydrogen-bond donors (Lipinski definition) is 0. The van der Waals surface area contributed by atoms with Crippen LogP contribution in [0, 0.1) is 0 Å². The highest BCUT2D eigenvalue weighted by Gasteiger charge is 2.24. The first-order chi connectivity index (χ1) is 14.3. The van der Waals surface area contributed by atoms with Crippen molar-refractivity contribution >= 4 is 26.5 Å². The zero-order valence-electron chi connectivity index (χ0n) is 20.7. The lowest BCUT2D eigenvalue weighted by atomic mass is 10.1. The maximum Gasteiger partial charge on any atom is 0.0806 e. The summed E-state index contributed by atoms with van der Waals surface area (Å²) in [5, 5.41) is 3.22. The van der Waals surface area contributed by atoms with Crippen LogP contribution in [0.25, 0.3) is 11.1 Å². The third kappa shape index (κ3) is 7.53. The van der Waals surface area contributed by atoms with Crippen molar-refractivity contribution in [1.82, 2.24) is 0 Å². The van der Waals surface area contributed by atoms with Crippen molar-refractivity contribution in [3.63, 3.8) is 0 Å². The van der Waals surface area contributed by atoms with E-state index in [-0.39, 0.29) is 0 Å². The Bertz CT molecular complexity index is 661. The molecule has 0 fully saturated rings. The zero-order chi connectivity index (χ0) is 22.0. The number of benzene rings is 2. The van der Waals surface area contributed by atoms with Gasteiger partial charge in [0.2, 0.25) is 0 Å². The van der Waals surface area contributed by atoms with Gasteiger partial charge in [-0.1, -0.05) is 162 Å². The highest BCUT2D eigenvalue weighted by molar-refractivity contribution is 6.90. The molecular formula is C28H46Si2. The minimum absolute atomic E-state index is 1.30. The summed E-state index contributed by atoms with van der Waals surface area (Å²) < 4.78 is 0. The van der Waals surface area contributed by atoms with Crippen LogP contribution in [0.4, 0.5) is 0 Å². The first-order valence-electron chi connectivity index (χ1n) is 12.5. The van der Waals surface area contributed by atoms with Gasteiger partial charge in [0.25, 0.3) is 0 Å². The second-order valence-corrected chi connectivity index (χ2v) is 20.2. The predicted molar refractivity (Wildman–Crippen MR) is 144 cm³/mol. The SMILES string of the molecule is CCCCCC[Si](C)(C)c1ccc(-c2ccc([Si](C)(C)CCCCCC)cc2)cc1. The largest absolute Gasteiger partial charge is 0.0806 e. The van der Waals surface area contributed by atoms with Crippen LogP contribution in [0.3, 0.4) is 0 Å². The molecule has 0 unspecified atom stereocenters. The number of unbranched alkanes of at least 4 members (excludes halogenated alkanes) is 6. The van der Waals surface area contributed by atoms with Gasteiger partial charge in [0.05, 0.1) is 16.1 Å². The van der Waals surface area contributed by atoms with Gasteiger partial charge in [0, 0.05) is 0 Å². The molecule has 0 aliphatic rings. The Hall–Kier alpha value is -1.13. The van der Waals surface area contributed by atoms with E-state index in [9.17, 15) is 0 Å². The molecule has 2 aromatic carbocycles. The highest BCUT2D eigenvalue weighted by atomic mass is 28.3. The van der Waals surface area contributed by atoms with Gasteiger partial charge in [-0.05, 0) is 11.1 Å². The molecule has 0 N–H and O–H groups in total. The average molecular weight is 439 g/mol. The zero-order valence-corrected chi connectivity index (χ0v) is 22.7. The van der Waals surface area contributed by atoms with Crippen molar-refractivity contribution in [3.8, 4) is 11.1 Å². The van der Waals surface area contributed by atoms with Crippen LogP contribution in [0.1, 0.15) is 65.2 Å². The van der Waals surface area contributed by atoms with E-state index in [2.05, 4.69) is 88.6 Å². The van der Waals surface area contributed by atoms with Gasteiger partial charge in [-0.3, -0.25) is 0 Å². The maximum atomic E-state index is 2.54. The minimum Gasteiger partial charge on any atom is -0.0654 e. The van der Waals surface area contributed by atoms with E-state index in [4.69, 9.17) is 0 Å². The summed E-state index contributed by atoms with van der Waals surface area (Å²) in [5.74, 6) is 0. The Morgan fingerprint density at radius 3 is 1.10 bits per heavy atom. The Labute approximate surface area is 189 Å². The van der Waals surface area contributed by atoms with Crippen molar-refractivity contribution in [1.29, 1.82) is 0 Å². The van der Waals surface area contributed by atoms with Crippen LogP contribution in [0.5, 0.6) is 0 Å². The number of hydrogen-bond acceptors (Lipinski definition) is 0. The van der Waals surface area contributed by atoms with Crippen molar-refractivity contribution in [2.75, 3.05) is 0 Å². The molecule has 0 atom stereocenters. The summed E-state index contributed by atoms with van der Waals surface area (Å²) in [7, 11) is -2.60. The summed E-state index contributed by atoms with van der Waals surface area (Å²) in [6, 6.07) is 21.9. The summed E-state index contributed by atoms with van der Waals surface area (Å²) in [6.45, 7) is 14.7. The molecule has 0 amide bonds. The van der Waals surface area contributed by atoms with Crippen LogP contribution in [-0.2, 0) is 0 Å². The normalized spacial score (nSPS) is 12.3. The van der Waals surface area contributed by atoms with Gasteiger partial charge < -0.3 is 0 Å². The Kier molecular flexibility index (Phi) is 10.1. The molecule has 0 aliphatic heterocycles. The van der Waals surface area contributed by atoms with E-state index in [0.29, 0.717) is 0 Å². The van der Waals surface area contributed by atoms with Crippen LogP contribution in [0.2, 0.25) is 38.3 Å². The molecule has 0 nitrogen and oxygen atoms in total. The Morgan fingerprint density at radius 2 is 0.800 bits per heavy atom. The van der Waals surface area contributed by atoms with Crippen LogP contribution < -0.4 is 10.4 Å². The van der Waals surface area contributed by atoms with E-state index >= 15 is 0 Å². The van der Waals surface area contributed by atoms with E-state index < -0.39 is 16.1 Å². The van der Waals surface area contributed by atoms with Crippen LogP contribution in [0.15, 0.2) is 48.5 Å². The molecule has 30 heavy (non-hydrogen) atoms. The lowest BCUT2D eigenvalue weighted by molar-refractivity contribution is 0.697. The van der Waals surface area contributed by atoms with Gasteiger partial charge >= 0.3 is 0 Å². The first-order valence-corrected chi connectivity index (χ1v) is 18.9. The quantitative estimate of drug-likeness (QED) is 0.218. The number of rotatable bonds is 13. The van der Waals surface area contributed by atoms with Crippen LogP contribution >= 0.6 is 0 Å². The first kappa shape index (κ1) is 25.1. The second kappa shape index (κ2) is 12.0. The standard InChI is InChI=1S/C28H46Si2/c1-7-9-11-13-23-29(3,4)27-19-15-25(16-20-27)26-17-21-28(22-18-26)30(5,6)24-14-12-10-8-2/h15-22H,7-14,23-24H2,1-6H3. The predicted octanol–water partition coefficient (Wildman–Crippen LogP) is 8.35. The molecule has 0 radical (unpaired) electrons. The lowest BCUT2D eigenvalue weighted by Crippen LogP contribution is -2.41. The molecule has 0 aromatic heterocycles. The van der Waals surface area contributed by atoms with E-state index in [1.165, 1.54) is 74.6 Å².